The third-order valence-corrected chi connectivity index (χ3v) is 4.45. The largest absolute Gasteiger partial charge is 0.459 e. The van der Waals surface area contributed by atoms with Gasteiger partial charge in [-0.2, -0.15) is 22.0 Å². The third kappa shape index (κ3) is 6.67. The van der Waals surface area contributed by atoms with Crippen molar-refractivity contribution in [2.45, 2.75) is 32.1 Å². The molecule has 4 nitrogen and oxygen atoms in total. The molecule has 0 unspecified atom stereocenters. The Balaban J connectivity index is 1.80. The smallest absolute Gasteiger partial charge is 0.429 e. The Bertz CT molecular complexity index is 1190. The van der Waals surface area contributed by atoms with Crippen LogP contribution in [0, 0.1) is 17.5 Å². The van der Waals surface area contributed by atoms with Crippen molar-refractivity contribution in [3.05, 3.63) is 83.6 Å². The van der Waals surface area contributed by atoms with E-state index in [1.165, 1.54) is 12.4 Å². The average molecular weight is 504 g/mol. The number of allylic oxidation sites excluding steroid dienone is 1. The van der Waals surface area contributed by atoms with E-state index in [0.717, 1.165) is 30.5 Å². The van der Waals surface area contributed by atoms with E-state index in [0.29, 0.717) is 6.07 Å². The fraction of sp³-hybridized carbons (Fsp3) is 0.217. The fourth-order valence-corrected chi connectivity index (χ4v) is 2.90. The molecule has 0 saturated carbocycles. The van der Waals surface area contributed by atoms with E-state index in [2.05, 4.69) is 19.4 Å². The Morgan fingerprint density at radius 3 is 2.06 bits per heavy atom. The first-order valence-electron chi connectivity index (χ1n) is 9.98. The molecule has 0 aliphatic heterocycles. The molecule has 1 heterocycles. The quantitative estimate of drug-likeness (QED) is 0.243. The summed E-state index contributed by atoms with van der Waals surface area (Å²) >= 11 is 0. The van der Waals surface area contributed by atoms with Gasteiger partial charge in [-0.15, -0.1) is 0 Å². The number of aromatic nitrogens is 2. The first-order valence-corrected chi connectivity index (χ1v) is 9.98. The molecule has 0 bridgehead atoms. The standard InChI is InChI=1S/C23H16F8N2O2/c1-2-3-13-11-32-21(33-12-13)14-4-5-16(17(24)8-14)23(30,31)35-15-9-18(25)20(19(26)10-15)34-7-6-22(27,28)29/h4-12H,2-3H2,1H3. The number of alkyl halides is 5. The van der Waals surface area contributed by atoms with E-state index < -0.39 is 52.9 Å². The van der Waals surface area contributed by atoms with Crippen LogP contribution in [-0.4, -0.2) is 16.1 Å². The van der Waals surface area contributed by atoms with Crippen molar-refractivity contribution in [1.29, 1.82) is 0 Å². The highest BCUT2D eigenvalue weighted by atomic mass is 19.4. The van der Waals surface area contributed by atoms with Crippen LogP contribution in [0.4, 0.5) is 35.1 Å². The second kappa shape index (κ2) is 10.3. The van der Waals surface area contributed by atoms with Crippen molar-refractivity contribution in [3.8, 4) is 22.9 Å². The van der Waals surface area contributed by atoms with E-state index >= 15 is 0 Å². The average Bonchev–Trinajstić information content (AvgIpc) is 2.75. The van der Waals surface area contributed by atoms with Crippen molar-refractivity contribution >= 4 is 0 Å². The SMILES string of the molecule is CCCc1cnc(-c2ccc(C(F)(F)Oc3cc(F)c(OC=CC(F)(F)F)c(F)c3)c(F)c2)nc1. The molecule has 0 aliphatic carbocycles. The second-order valence-electron chi connectivity index (χ2n) is 7.16. The summed E-state index contributed by atoms with van der Waals surface area (Å²) < 4.78 is 116. The van der Waals surface area contributed by atoms with Gasteiger partial charge in [-0.1, -0.05) is 19.4 Å². The monoisotopic (exact) mass is 504 g/mol. The van der Waals surface area contributed by atoms with Crippen LogP contribution in [0.2, 0.25) is 0 Å². The number of benzene rings is 2. The minimum atomic E-state index is -4.80. The van der Waals surface area contributed by atoms with Gasteiger partial charge in [0.05, 0.1) is 17.9 Å². The number of nitrogens with zero attached hydrogens (tertiary/aromatic N) is 2. The van der Waals surface area contributed by atoms with Gasteiger partial charge < -0.3 is 9.47 Å². The molecule has 3 aromatic rings. The van der Waals surface area contributed by atoms with Gasteiger partial charge in [-0.25, -0.2) is 23.1 Å². The van der Waals surface area contributed by atoms with Crippen molar-refractivity contribution in [1.82, 2.24) is 9.97 Å². The summed E-state index contributed by atoms with van der Waals surface area (Å²) in [5.74, 6) is -6.88. The van der Waals surface area contributed by atoms with Crippen molar-refractivity contribution < 1.29 is 44.6 Å². The fourth-order valence-electron chi connectivity index (χ4n) is 2.90. The molecular weight excluding hydrogens is 488 g/mol. The van der Waals surface area contributed by atoms with Crippen molar-refractivity contribution in [3.63, 3.8) is 0 Å². The van der Waals surface area contributed by atoms with Crippen LogP contribution >= 0.6 is 0 Å². The second-order valence-corrected chi connectivity index (χ2v) is 7.16. The predicted molar refractivity (Wildman–Crippen MR) is 108 cm³/mol. The molecule has 0 amide bonds. The molecule has 1 aromatic heterocycles. The van der Waals surface area contributed by atoms with Crippen molar-refractivity contribution in [2.75, 3.05) is 0 Å². The number of rotatable bonds is 8. The van der Waals surface area contributed by atoms with Gasteiger partial charge in [0.2, 0.25) is 0 Å². The summed E-state index contributed by atoms with van der Waals surface area (Å²) in [5.41, 5.74) is -0.283. The van der Waals surface area contributed by atoms with Gasteiger partial charge in [-0.3, -0.25) is 0 Å². The summed E-state index contributed by atoms with van der Waals surface area (Å²) in [4.78, 5) is 8.14. The number of hydrogen-bond acceptors (Lipinski definition) is 4. The molecular formula is C23H16F8N2O2. The van der Waals surface area contributed by atoms with Crippen LogP contribution < -0.4 is 9.47 Å². The molecule has 0 saturated heterocycles. The lowest BCUT2D eigenvalue weighted by Crippen LogP contribution is -2.23. The molecule has 0 aliphatic rings. The summed E-state index contributed by atoms with van der Waals surface area (Å²) in [6.07, 6.45) is -4.96. The van der Waals surface area contributed by atoms with Gasteiger partial charge >= 0.3 is 12.3 Å². The molecule has 0 atom stereocenters. The number of ether oxygens (including phenoxy) is 2. The number of hydrogen-bond donors (Lipinski definition) is 0. The van der Waals surface area contributed by atoms with E-state index in [9.17, 15) is 35.1 Å². The summed E-state index contributed by atoms with van der Waals surface area (Å²) in [5, 5.41) is 0. The maximum Gasteiger partial charge on any atom is 0.429 e. The first kappa shape index (κ1) is 25.9. The van der Waals surface area contributed by atoms with Crippen LogP contribution in [-0.2, 0) is 12.5 Å². The highest BCUT2D eigenvalue weighted by molar-refractivity contribution is 5.55. The lowest BCUT2D eigenvalue weighted by atomic mass is 10.1. The zero-order valence-corrected chi connectivity index (χ0v) is 17.8. The summed E-state index contributed by atoms with van der Waals surface area (Å²) in [6, 6.07) is 3.10. The Hall–Kier alpha value is -3.70. The first-order chi connectivity index (χ1) is 16.4. The zero-order valence-electron chi connectivity index (χ0n) is 17.8. The molecule has 186 valence electrons. The molecule has 12 heteroatoms. The van der Waals surface area contributed by atoms with Crippen LogP contribution in [0.15, 0.2) is 55.1 Å². The molecule has 0 fully saturated rings. The maximum atomic E-state index is 14.6. The summed E-state index contributed by atoms with van der Waals surface area (Å²) in [7, 11) is 0. The van der Waals surface area contributed by atoms with Crippen LogP contribution in [0.5, 0.6) is 11.5 Å². The minimum Gasteiger partial charge on any atom is -0.459 e. The predicted octanol–water partition coefficient (Wildman–Crippen LogP) is 7.10. The van der Waals surface area contributed by atoms with Gasteiger partial charge in [0.15, 0.2) is 23.2 Å². The van der Waals surface area contributed by atoms with Crippen LogP contribution in [0.25, 0.3) is 11.4 Å². The van der Waals surface area contributed by atoms with E-state index in [4.69, 9.17) is 0 Å². The molecule has 0 N–H and O–H groups in total. The Kier molecular flexibility index (Phi) is 7.61. The third-order valence-electron chi connectivity index (χ3n) is 4.45. The highest BCUT2D eigenvalue weighted by Gasteiger charge is 2.38. The Morgan fingerprint density at radius 2 is 1.51 bits per heavy atom. The Labute approximate surface area is 193 Å². The molecule has 3 rings (SSSR count). The minimum absolute atomic E-state index is 0.0192. The van der Waals surface area contributed by atoms with Gasteiger partial charge in [-0.05, 0) is 24.1 Å². The van der Waals surface area contributed by atoms with Gasteiger partial charge in [0, 0.05) is 30.1 Å². The molecule has 2 aromatic carbocycles. The molecule has 0 spiro atoms. The zero-order chi connectivity index (χ0) is 25.8. The normalized spacial score (nSPS) is 12.3. The maximum absolute atomic E-state index is 14.6. The lowest BCUT2D eigenvalue weighted by Gasteiger charge is -2.19. The number of aryl methyl sites for hydroxylation is 1. The topological polar surface area (TPSA) is 44.2 Å². The van der Waals surface area contributed by atoms with E-state index in [-0.39, 0.29) is 29.8 Å². The van der Waals surface area contributed by atoms with Crippen LogP contribution in [0.3, 0.4) is 0 Å². The highest BCUT2D eigenvalue weighted by Crippen LogP contribution is 2.36. The van der Waals surface area contributed by atoms with E-state index in [1.807, 2.05) is 6.92 Å². The van der Waals surface area contributed by atoms with Gasteiger partial charge in [0.1, 0.15) is 11.6 Å². The van der Waals surface area contributed by atoms with Crippen molar-refractivity contribution in [2.24, 2.45) is 0 Å². The summed E-state index contributed by atoms with van der Waals surface area (Å²) in [6.45, 7) is 1.96. The van der Waals surface area contributed by atoms with E-state index in [1.54, 1.807) is 0 Å². The van der Waals surface area contributed by atoms with Gasteiger partial charge in [0.25, 0.3) is 0 Å². The molecule has 35 heavy (non-hydrogen) atoms. The number of halogens is 8. The van der Waals surface area contributed by atoms with Crippen LogP contribution in [0.1, 0.15) is 24.5 Å². The lowest BCUT2D eigenvalue weighted by molar-refractivity contribution is -0.187. The Morgan fingerprint density at radius 1 is 0.886 bits per heavy atom. The molecule has 0 radical (unpaired) electrons.